The summed E-state index contributed by atoms with van der Waals surface area (Å²) in [5.74, 6) is 0.0464. The van der Waals surface area contributed by atoms with Gasteiger partial charge in [0.25, 0.3) is 5.91 Å². The number of carbonyl (C=O) groups is 1. The molecule has 1 saturated heterocycles. The lowest BCUT2D eigenvalue weighted by Gasteiger charge is -2.26. The van der Waals surface area contributed by atoms with Crippen LogP contribution >= 0.6 is 0 Å². The van der Waals surface area contributed by atoms with Crippen LogP contribution in [0.3, 0.4) is 0 Å². The lowest BCUT2D eigenvalue weighted by molar-refractivity contribution is 0.0954. The van der Waals surface area contributed by atoms with Crippen molar-refractivity contribution < 1.29 is 4.79 Å². The van der Waals surface area contributed by atoms with Crippen LogP contribution in [0.25, 0.3) is 10.9 Å². The zero-order valence-corrected chi connectivity index (χ0v) is 15.5. The first-order valence-electron chi connectivity index (χ1n) is 9.80. The molecule has 136 valence electrons. The second-order valence-corrected chi connectivity index (χ2v) is 7.24. The summed E-state index contributed by atoms with van der Waals surface area (Å²) < 4.78 is 2.02. The molecule has 3 rings (SSSR count). The molecule has 25 heavy (non-hydrogen) atoms. The Hall–Kier alpha value is -1.81. The number of likely N-dealkylation sites (tertiary alicyclic amines) is 1. The molecule has 1 aromatic heterocycles. The number of fused-ring (bicyclic) bond motifs is 1. The minimum atomic E-state index is 0.0464. The Morgan fingerprint density at radius 1 is 1.04 bits per heavy atom. The number of unbranched alkanes of at least 4 members (excludes halogenated alkanes) is 3. The van der Waals surface area contributed by atoms with Crippen LogP contribution in [0.2, 0.25) is 0 Å². The van der Waals surface area contributed by atoms with Crippen LogP contribution in [0.4, 0.5) is 0 Å². The van der Waals surface area contributed by atoms with Gasteiger partial charge in [0, 0.05) is 30.7 Å². The summed E-state index contributed by atoms with van der Waals surface area (Å²) in [5, 5.41) is 4.11. The van der Waals surface area contributed by atoms with Gasteiger partial charge in [-0.3, -0.25) is 4.79 Å². The molecular formula is C21H31N3O. The molecule has 0 saturated carbocycles. The second kappa shape index (κ2) is 9.04. The van der Waals surface area contributed by atoms with Gasteiger partial charge in [-0.25, -0.2) is 0 Å². The van der Waals surface area contributed by atoms with E-state index in [1.807, 2.05) is 36.0 Å². The number of aromatic nitrogens is 1. The van der Waals surface area contributed by atoms with Gasteiger partial charge in [-0.1, -0.05) is 37.5 Å². The Kier molecular flexibility index (Phi) is 6.51. The Morgan fingerprint density at radius 2 is 1.80 bits per heavy atom. The predicted molar refractivity (Wildman–Crippen MR) is 104 cm³/mol. The largest absolute Gasteiger partial charge is 0.352 e. The fourth-order valence-electron chi connectivity index (χ4n) is 3.82. The van der Waals surface area contributed by atoms with Gasteiger partial charge in [0.2, 0.25) is 0 Å². The maximum atomic E-state index is 12.4. The maximum absolute atomic E-state index is 12.4. The van der Waals surface area contributed by atoms with Gasteiger partial charge in [-0.05, 0) is 51.4 Å². The second-order valence-electron chi connectivity index (χ2n) is 7.24. The summed E-state index contributed by atoms with van der Waals surface area (Å²) in [5.41, 5.74) is 1.88. The van der Waals surface area contributed by atoms with E-state index in [1.54, 1.807) is 0 Å². The summed E-state index contributed by atoms with van der Waals surface area (Å²) in [4.78, 5) is 15.0. The lowest BCUT2D eigenvalue weighted by Crippen LogP contribution is -2.30. The standard InChI is InChI=1S/C21H31N3O/c1-23-17-19(18-11-5-6-12-20(18)23)21(25)22-13-7-2-3-8-14-24-15-9-4-10-16-24/h5-6,11-12,17H,2-4,7-10,13-16H2,1H3,(H,22,25). The molecule has 0 aliphatic carbocycles. The van der Waals surface area contributed by atoms with Crippen molar-refractivity contribution in [3.63, 3.8) is 0 Å². The number of hydrogen-bond donors (Lipinski definition) is 1. The third kappa shape index (κ3) is 4.85. The fraction of sp³-hybridized carbons (Fsp3) is 0.571. The van der Waals surface area contributed by atoms with Gasteiger partial charge in [0.1, 0.15) is 0 Å². The number of benzene rings is 1. The summed E-state index contributed by atoms with van der Waals surface area (Å²) in [7, 11) is 1.99. The highest BCUT2D eigenvalue weighted by Gasteiger charge is 2.13. The van der Waals surface area contributed by atoms with E-state index in [0.29, 0.717) is 0 Å². The first kappa shape index (κ1) is 18.0. The van der Waals surface area contributed by atoms with E-state index in [-0.39, 0.29) is 5.91 Å². The van der Waals surface area contributed by atoms with E-state index in [2.05, 4.69) is 16.3 Å². The SMILES string of the molecule is Cn1cc(C(=O)NCCCCCCN2CCCCC2)c2ccccc21. The summed E-state index contributed by atoms with van der Waals surface area (Å²) >= 11 is 0. The number of hydrogen-bond acceptors (Lipinski definition) is 2. The van der Waals surface area contributed by atoms with Crippen molar-refractivity contribution in [2.45, 2.75) is 44.9 Å². The summed E-state index contributed by atoms with van der Waals surface area (Å²) in [6.07, 6.45) is 10.9. The van der Waals surface area contributed by atoms with E-state index in [9.17, 15) is 4.79 Å². The molecule has 0 bridgehead atoms. The van der Waals surface area contributed by atoms with Crippen molar-refractivity contribution in [2.24, 2.45) is 7.05 Å². The van der Waals surface area contributed by atoms with E-state index < -0.39 is 0 Å². The van der Waals surface area contributed by atoms with Crippen LogP contribution in [-0.2, 0) is 7.05 Å². The average Bonchev–Trinajstić information content (AvgIpc) is 2.99. The topological polar surface area (TPSA) is 37.3 Å². The highest BCUT2D eigenvalue weighted by Crippen LogP contribution is 2.20. The molecule has 2 aromatic rings. The number of nitrogens with zero attached hydrogens (tertiary/aromatic N) is 2. The Morgan fingerprint density at radius 3 is 2.64 bits per heavy atom. The molecule has 1 fully saturated rings. The van der Waals surface area contributed by atoms with Gasteiger partial charge in [-0.15, -0.1) is 0 Å². The molecule has 0 atom stereocenters. The smallest absolute Gasteiger partial charge is 0.253 e. The zero-order chi connectivity index (χ0) is 17.5. The van der Waals surface area contributed by atoms with E-state index in [1.165, 1.54) is 58.2 Å². The minimum Gasteiger partial charge on any atom is -0.352 e. The van der Waals surface area contributed by atoms with Crippen LogP contribution in [0.1, 0.15) is 55.3 Å². The van der Waals surface area contributed by atoms with Gasteiger partial charge in [-0.2, -0.15) is 0 Å². The highest BCUT2D eigenvalue weighted by molar-refractivity contribution is 6.06. The summed E-state index contributed by atoms with van der Waals surface area (Å²) in [6, 6.07) is 8.06. The summed E-state index contributed by atoms with van der Waals surface area (Å²) in [6.45, 7) is 4.61. The molecular weight excluding hydrogens is 310 g/mol. The van der Waals surface area contributed by atoms with Gasteiger partial charge < -0.3 is 14.8 Å². The monoisotopic (exact) mass is 341 g/mol. The van der Waals surface area contributed by atoms with Crippen molar-refractivity contribution in [3.05, 3.63) is 36.0 Å². The van der Waals surface area contributed by atoms with Crippen molar-refractivity contribution in [3.8, 4) is 0 Å². The normalized spacial score (nSPS) is 15.6. The quantitative estimate of drug-likeness (QED) is 0.738. The van der Waals surface area contributed by atoms with Crippen molar-refractivity contribution in [1.82, 2.24) is 14.8 Å². The fourth-order valence-corrected chi connectivity index (χ4v) is 3.82. The number of carbonyl (C=O) groups excluding carboxylic acids is 1. The molecule has 0 spiro atoms. The molecule has 4 nitrogen and oxygen atoms in total. The van der Waals surface area contributed by atoms with Gasteiger partial charge in [0.05, 0.1) is 5.56 Å². The van der Waals surface area contributed by atoms with E-state index in [4.69, 9.17) is 0 Å². The molecule has 1 aliphatic rings. The van der Waals surface area contributed by atoms with E-state index >= 15 is 0 Å². The third-order valence-electron chi connectivity index (χ3n) is 5.28. The van der Waals surface area contributed by atoms with Crippen LogP contribution in [0, 0.1) is 0 Å². The van der Waals surface area contributed by atoms with Crippen LogP contribution in [0.15, 0.2) is 30.5 Å². The van der Waals surface area contributed by atoms with Crippen LogP contribution in [0.5, 0.6) is 0 Å². The Bertz CT molecular complexity index is 686. The van der Waals surface area contributed by atoms with Crippen molar-refractivity contribution in [2.75, 3.05) is 26.2 Å². The van der Waals surface area contributed by atoms with Crippen LogP contribution < -0.4 is 5.32 Å². The third-order valence-corrected chi connectivity index (χ3v) is 5.28. The number of piperidine rings is 1. The van der Waals surface area contributed by atoms with E-state index in [0.717, 1.165) is 29.4 Å². The molecule has 2 heterocycles. The molecule has 1 aromatic carbocycles. The number of rotatable bonds is 8. The lowest BCUT2D eigenvalue weighted by atomic mass is 10.1. The van der Waals surface area contributed by atoms with Crippen LogP contribution in [-0.4, -0.2) is 41.6 Å². The maximum Gasteiger partial charge on any atom is 0.253 e. The molecule has 1 amide bonds. The number of amides is 1. The molecule has 0 radical (unpaired) electrons. The number of para-hydroxylation sites is 1. The highest BCUT2D eigenvalue weighted by atomic mass is 16.1. The van der Waals surface area contributed by atoms with Gasteiger partial charge in [0.15, 0.2) is 0 Å². The first-order chi connectivity index (χ1) is 12.3. The zero-order valence-electron chi connectivity index (χ0n) is 15.5. The Balaban J connectivity index is 1.34. The first-order valence-corrected chi connectivity index (χ1v) is 9.80. The van der Waals surface area contributed by atoms with Gasteiger partial charge >= 0.3 is 0 Å². The Labute approximate surface area is 151 Å². The molecule has 1 aliphatic heterocycles. The number of aryl methyl sites for hydroxylation is 1. The predicted octanol–water partition coefficient (Wildman–Crippen LogP) is 3.95. The average molecular weight is 341 g/mol. The minimum absolute atomic E-state index is 0.0464. The molecule has 0 unspecified atom stereocenters. The van der Waals surface area contributed by atoms with Crippen molar-refractivity contribution in [1.29, 1.82) is 0 Å². The molecule has 1 N–H and O–H groups in total. The molecule has 4 heteroatoms. The number of nitrogens with one attached hydrogen (secondary N) is 1. The van der Waals surface area contributed by atoms with Crippen molar-refractivity contribution >= 4 is 16.8 Å².